The summed E-state index contributed by atoms with van der Waals surface area (Å²) in [7, 11) is 0. The predicted octanol–water partition coefficient (Wildman–Crippen LogP) is 4.01. The van der Waals surface area contributed by atoms with Gasteiger partial charge in [0.05, 0.1) is 12.5 Å². The summed E-state index contributed by atoms with van der Waals surface area (Å²) in [6, 6.07) is 22.4. The lowest BCUT2D eigenvalue weighted by Gasteiger charge is -2.17. The minimum Gasteiger partial charge on any atom is -0.426 e. The molecule has 4 heteroatoms. The van der Waals surface area contributed by atoms with Crippen molar-refractivity contribution in [2.24, 2.45) is 0 Å². The second kappa shape index (κ2) is 7.62. The summed E-state index contributed by atoms with van der Waals surface area (Å²) in [6.45, 7) is 1.44. The lowest BCUT2D eigenvalue weighted by molar-refractivity contribution is -0.135. The molecule has 3 aromatic rings. The van der Waals surface area contributed by atoms with E-state index in [2.05, 4.69) is 5.32 Å². The number of esters is 1. The van der Waals surface area contributed by atoms with E-state index in [-0.39, 0.29) is 12.3 Å². The van der Waals surface area contributed by atoms with Gasteiger partial charge in [-0.2, -0.15) is 0 Å². The highest BCUT2D eigenvalue weighted by Gasteiger charge is 2.18. The highest BCUT2D eigenvalue weighted by Crippen LogP contribution is 2.22. The van der Waals surface area contributed by atoms with Gasteiger partial charge in [-0.15, -0.1) is 0 Å². The standard InChI is InChI=1S/C21H19NO3/c1-15(23)22-20(17-8-3-2-4-9-17)14-21(24)25-19-12-11-16-7-5-6-10-18(16)13-19/h2-13,20H,14H2,1H3,(H,22,23)/t20-/m0/s1. The average molecular weight is 333 g/mol. The maximum Gasteiger partial charge on any atom is 0.313 e. The van der Waals surface area contributed by atoms with Crippen molar-refractivity contribution in [1.29, 1.82) is 0 Å². The molecule has 126 valence electrons. The molecule has 0 bridgehead atoms. The summed E-state index contributed by atoms with van der Waals surface area (Å²) < 4.78 is 5.47. The van der Waals surface area contributed by atoms with E-state index in [0.717, 1.165) is 16.3 Å². The van der Waals surface area contributed by atoms with Crippen LogP contribution >= 0.6 is 0 Å². The molecule has 0 saturated heterocycles. The van der Waals surface area contributed by atoms with Gasteiger partial charge in [0.2, 0.25) is 5.91 Å². The zero-order valence-corrected chi connectivity index (χ0v) is 13.9. The number of ether oxygens (including phenoxy) is 1. The quantitative estimate of drug-likeness (QED) is 0.567. The molecule has 0 spiro atoms. The van der Waals surface area contributed by atoms with Crippen LogP contribution in [-0.2, 0) is 9.59 Å². The summed E-state index contributed by atoms with van der Waals surface area (Å²) in [6.07, 6.45) is 0.0659. The van der Waals surface area contributed by atoms with E-state index in [0.29, 0.717) is 5.75 Å². The van der Waals surface area contributed by atoms with Crippen LogP contribution in [0.4, 0.5) is 0 Å². The summed E-state index contributed by atoms with van der Waals surface area (Å²) in [5.74, 6) is -0.0800. The van der Waals surface area contributed by atoms with E-state index in [1.165, 1.54) is 6.92 Å². The third-order valence-corrected chi connectivity index (χ3v) is 3.90. The van der Waals surface area contributed by atoms with E-state index in [1.807, 2.05) is 66.7 Å². The van der Waals surface area contributed by atoms with Crippen molar-refractivity contribution in [2.45, 2.75) is 19.4 Å². The predicted molar refractivity (Wildman–Crippen MR) is 97.2 cm³/mol. The van der Waals surface area contributed by atoms with Crippen LogP contribution in [-0.4, -0.2) is 11.9 Å². The van der Waals surface area contributed by atoms with Crippen molar-refractivity contribution >= 4 is 22.6 Å². The van der Waals surface area contributed by atoms with Crippen molar-refractivity contribution in [3.63, 3.8) is 0 Å². The zero-order chi connectivity index (χ0) is 17.6. The van der Waals surface area contributed by atoms with Crippen LogP contribution in [0.25, 0.3) is 10.8 Å². The summed E-state index contributed by atoms with van der Waals surface area (Å²) in [4.78, 5) is 23.8. The van der Waals surface area contributed by atoms with E-state index in [4.69, 9.17) is 4.74 Å². The smallest absolute Gasteiger partial charge is 0.313 e. The van der Waals surface area contributed by atoms with Gasteiger partial charge in [0.15, 0.2) is 0 Å². The molecule has 3 rings (SSSR count). The van der Waals surface area contributed by atoms with Gasteiger partial charge >= 0.3 is 5.97 Å². The lowest BCUT2D eigenvalue weighted by Crippen LogP contribution is -2.29. The average Bonchev–Trinajstić information content (AvgIpc) is 2.61. The second-order valence-corrected chi connectivity index (χ2v) is 5.85. The molecule has 0 aliphatic heterocycles. The van der Waals surface area contributed by atoms with Gasteiger partial charge in [0, 0.05) is 6.92 Å². The largest absolute Gasteiger partial charge is 0.426 e. The Hall–Kier alpha value is -3.14. The molecule has 1 amide bonds. The molecule has 0 aliphatic carbocycles. The van der Waals surface area contributed by atoms with E-state index < -0.39 is 12.0 Å². The first-order valence-electron chi connectivity index (χ1n) is 8.13. The number of nitrogens with one attached hydrogen (secondary N) is 1. The van der Waals surface area contributed by atoms with Gasteiger partial charge < -0.3 is 10.1 Å². The van der Waals surface area contributed by atoms with Gasteiger partial charge in [0.1, 0.15) is 5.75 Å². The molecule has 4 nitrogen and oxygen atoms in total. The fourth-order valence-corrected chi connectivity index (χ4v) is 2.75. The Kier molecular flexibility index (Phi) is 5.09. The summed E-state index contributed by atoms with van der Waals surface area (Å²) in [5, 5.41) is 4.90. The van der Waals surface area contributed by atoms with E-state index in [9.17, 15) is 9.59 Å². The van der Waals surface area contributed by atoms with Gasteiger partial charge in [-0.25, -0.2) is 0 Å². The zero-order valence-electron chi connectivity index (χ0n) is 13.9. The van der Waals surface area contributed by atoms with Gasteiger partial charge in [-0.1, -0.05) is 60.7 Å². The highest BCUT2D eigenvalue weighted by molar-refractivity contribution is 5.85. The molecule has 3 aromatic carbocycles. The van der Waals surface area contributed by atoms with Crippen molar-refractivity contribution in [2.75, 3.05) is 0 Å². The topological polar surface area (TPSA) is 55.4 Å². The Morgan fingerprint density at radius 1 is 0.920 bits per heavy atom. The fourth-order valence-electron chi connectivity index (χ4n) is 2.75. The summed E-state index contributed by atoms with van der Waals surface area (Å²) >= 11 is 0. The SMILES string of the molecule is CC(=O)N[C@@H](CC(=O)Oc1ccc2ccccc2c1)c1ccccc1. The Labute approximate surface area is 146 Å². The van der Waals surface area contributed by atoms with Gasteiger partial charge in [-0.05, 0) is 28.5 Å². The third-order valence-electron chi connectivity index (χ3n) is 3.90. The number of hydrogen-bond acceptors (Lipinski definition) is 3. The van der Waals surface area contributed by atoms with Gasteiger partial charge in [-0.3, -0.25) is 9.59 Å². The van der Waals surface area contributed by atoms with E-state index >= 15 is 0 Å². The van der Waals surface area contributed by atoms with Crippen molar-refractivity contribution < 1.29 is 14.3 Å². The van der Waals surface area contributed by atoms with Crippen LogP contribution in [0.1, 0.15) is 24.9 Å². The Morgan fingerprint density at radius 2 is 1.60 bits per heavy atom. The Bertz CT molecular complexity index is 890. The summed E-state index contributed by atoms with van der Waals surface area (Å²) in [5.41, 5.74) is 0.869. The second-order valence-electron chi connectivity index (χ2n) is 5.85. The van der Waals surface area contributed by atoms with Crippen LogP contribution in [0.5, 0.6) is 5.75 Å². The Balaban J connectivity index is 1.73. The van der Waals surface area contributed by atoms with Crippen LogP contribution in [0.15, 0.2) is 72.8 Å². The van der Waals surface area contributed by atoms with Crippen LogP contribution in [0.2, 0.25) is 0 Å². The molecule has 0 fully saturated rings. The van der Waals surface area contributed by atoms with Crippen LogP contribution in [0.3, 0.4) is 0 Å². The number of amides is 1. The molecular weight excluding hydrogens is 314 g/mol. The molecule has 1 atom stereocenters. The molecule has 0 aliphatic rings. The number of carbonyl (C=O) groups excluding carboxylic acids is 2. The number of hydrogen-bond donors (Lipinski definition) is 1. The first-order chi connectivity index (χ1) is 12.1. The van der Waals surface area contributed by atoms with Crippen molar-refractivity contribution in [3.8, 4) is 5.75 Å². The number of fused-ring (bicyclic) bond motifs is 1. The van der Waals surface area contributed by atoms with Crippen LogP contribution in [0, 0.1) is 0 Å². The first-order valence-corrected chi connectivity index (χ1v) is 8.13. The van der Waals surface area contributed by atoms with Crippen molar-refractivity contribution in [3.05, 3.63) is 78.4 Å². The number of benzene rings is 3. The molecule has 0 unspecified atom stereocenters. The molecular formula is C21H19NO3. The molecule has 1 N–H and O–H groups in total. The molecule has 25 heavy (non-hydrogen) atoms. The Morgan fingerprint density at radius 3 is 2.32 bits per heavy atom. The third kappa shape index (κ3) is 4.44. The van der Waals surface area contributed by atoms with E-state index in [1.54, 1.807) is 6.07 Å². The molecule has 0 saturated carbocycles. The molecule has 0 aromatic heterocycles. The maximum absolute atomic E-state index is 12.3. The normalized spacial score (nSPS) is 11.7. The minimum absolute atomic E-state index is 0.0659. The minimum atomic E-state index is -0.411. The number of carbonyl (C=O) groups is 2. The fraction of sp³-hybridized carbons (Fsp3) is 0.143. The van der Waals surface area contributed by atoms with Crippen LogP contribution < -0.4 is 10.1 Å². The van der Waals surface area contributed by atoms with Gasteiger partial charge in [0.25, 0.3) is 0 Å². The lowest BCUT2D eigenvalue weighted by atomic mass is 10.0. The monoisotopic (exact) mass is 333 g/mol. The maximum atomic E-state index is 12.3. The first kappa shape index (κ1) is 16.7. The molecule has 0 radical (unpaired) electrons. The highest BCUT2D eigenvalue weighted by atomic mass is 16.5. The molecule has 0 heterocycles. The van der Waals surface area contributed by atoms with Crippen molar-refractivity contribution in [1.82, 2.24) is 5.32 Å². The number of rotatable bonds is 5.